The summed E-state index contributed by atoms with van der Waals surface area (Å²) in [5.74, 6) is 2.83. The monoisotopic (exact) mass is 762 g/mol. The Labute approximate surface area is 337 Å². The molecule has 2 unspecified atom stereocenters. The lowest BCUT2D eigenvalue weighted by Gasteiger charge is -2.38. The number of rotatable bonds is 18. The number of aliphatic hydroxyl groups is 2. The third-order valence-electron chi connectivity index (χ3n) is 10.5. The molecule has 6 nitrogen and oxygen atoms in total. The summed E-state index contributed by atoms with van der Waals surface area (Å²) in [4.78, 5) is 0. The van der Waals surface area contributed by atoms with Crippen molar-refractivity contribution in [3.8, 4) is 34.1 Å². The molecule has 6 aromatic carbocycles. The van der Waals surface area contributed by atoms with E-state index in [0.29, 0.717) is 37.6 Å². The van der Waals surface area contributed by atoms with Crippen molar-refractivity contribution < 1.29 is 29.2 Å². The Morgan fingerprint density at radius 1 is 0.456 bits per heavy atom. The fourth-order valence-corrected chi connectivity index (χ4v) is 8.14. The van der Waals surface area contributed by atoms with Crippen molar-refractivity contribution in [2.45, 2.75) is 71.0 Å². The van der Waals surface area contributed by atoms with Crippen LogP contribution in [0.3, 0.4) is 0 Å². The summed E-state index contributed by atoms with van der Waals surface area (Å²) in [5, 5.41) is 21.6. The molecule has 0 amide bonds. The molecule has 0 radical (unpaired) electrons. The molecule has 294 valence electrons. The van der Waals surface area contributed by atoms with Gasteiger partial charge in [-0.15, -0.1) is 0 Å². The highest BCUT2D eigenvalue weighted by molar-refractivity contribution is 5.88. The van der Waals surface area contributed by atoms with E-state index in [9.17, 15) is 10.2 Å². The number of hydrogen-bond donors (Lipinski definition) is 2. The zero-order chi connectivity index (χ0) is 39.8. The summed E-state index contributed by atoms with van der Waals surface area (Å²) < 4.78 is 26.9. The molecule has 0 saturated carbocycles. The summed E-state index contributed by atoms with van der Waals surface area (Å²) in [5.41, 5.74) is 9.28. The molecule has 1 aliphatic rings. The molecule has 0 fully saturated rings. The molecule has 0 saturated heterocycles. The predicted molar refractivity (Wildman–Crippen MR) is 228 cm³/mol. The first-order valence-corrected chi connectivity index (χ1v) is 20.3. The molecule has 0 bridgehead atoms. The molecule has 2 atom stereocenters. The third-order valence-corrected chi connectivity index (χ3v) is 10.5. The minimum Gasteiger partial charge on any atom is -0.493 e. The van der Waals surface area contributed by atoms with Crippen molar-refractivity contribution in [1.29, 1.82) is 0 Å². The zero-order valence-corrected chi connectivity index (χ0v) is 33.5. The Morgan fingerprint density at radius 3 is 1.23 bits per heavy atom. The van der Waals surface area contributed by atoms with Gasteiger partial charge in [0, 0.05) is 35.1 Å². The van der Waals surface area contributed by atoms with E-state index in [0.717, 1.165) is 80.0 Å². The summed E-state index contributed by atoms with van der Waals surface area (Å²) in [6.07, 6.45) is 1.36. The summed E-state index contributed by atoms with van der Waals surface area (Å²) >= 11 is 0. The first-order valence-electron chi connectivity index (χ1n) is 20.3. The standard InChI is InChI=1S/C51H54O6/c1-5-29-54-47-27-25-45(49(56-33-35(3)52)41(47)31-37-17-9-7-10-18-37)51(43-23-15-13-21-39(43)40-22-14-16-24-44(40)51)46-26-28-48(55-30-6-2)42(50(46)57-34-36(4)53)32-38-19-11-8-12-20-38/h7-28,35-36,52-53H,5-6,29-34H2,1-4H3. The minimum atomic E-state index is -0.974. The van der Waals surface area contributed by atoms with Crippen LogP contribution in [0, 0.1) is 0 Å². The van der Waals surface area contributed by atoms with E-state index in [-0.39, 0.29) is 13.2 Å². The van der Waals surface area contributed by atoms with Crippen LogP contribution < -0.4 is 18.9 Å². The molecule has 2 N–H and O–H groups in total. The molecular formula is C51H54O6. The maximum absolute atomic E-state index is 10.8. The number of aliphatic hydroxyl groups excluding tert-OH is 2. The quantitative estimate of drug-likeness (QED) is 0.0907. The fraction of sp³-hybridized carbons (Fsp3) is 0.294. The van der Waals surface area contributed by atoms with Crippen molar-refractivity contribution in [3.05, 3.63) is 178 Å². The van der Waals surface area contributed by atoms with Crippen LogP contribution in [-0.2, 0) is 18.3 Å². The highest BCUT2D eigenvalue weighted by Gasteiger charge is 2.50. The van der Waals surface area contributed by atoms with Gasteiger partial charge >= 0.3 is 0 Å². The number of hydrogen-bond acceptors (Lipinski definition) is 6. The normalized spacial score (nSPS) is 13.6. The van der Waals surface area contributed by atoms with Crippen molar-refractivity contribution in [3.63, 3.8) is 0 Å². The second-order valence-corrected chi connectivity index (χ2v) is 15.0. The van der Waals surface area contributed by atoms with Crippen LogP contribution in [0.15, 0.2) is 133 Å². The van der Waals surface area contributed by atoms with E-state index in [2.05, 4.69) is 135 Å². The topological polar surface area (TPSA) is 77.4 Å². The lowest BCUT2D eigenvalue weighted by atomic mass is 9.66. The molecule has 7 rings (SSSR count). The maximum Gasteiger partial charge on any atom is 0.131 e. The van der Waals surface area contributed by atoms with Gasteiger partial charge in [0.1, 0.15) is 36.2 Å². The molecule has 0 heterocycles. The van der Waals surface area contributed by atoms with E-state index >= 15 is 0 Å². The largest absolute Gasteiger partial charge is 0.493 e. The average molecular weight is 763 g/mol. The lowest BCUT2D eigenvalue weighted by molar-refractivity contribution is 0.120. The van der Waals surface area contributed by atoms with E-state index in [1.165, 1.54) is 0 Å². The van der Waals surface area contributed by atoms with E-state index in [4.69, 9.17) is 18.9 Å². The number of benzene rings is 6. The first-order chi connectivity index (χ1) is 27.9. The van der Waals surface area contributed by atoms with Gasteiger partial charge in [-0.3, -0.25) is 0 Å². The van der Waals surface area contributed by atoms with Crippen LogP contribution in [-0.4, -0.2) is 48.8 Å². The predicted octanol–water partition coefficient (Wildman–Crippen LogP) is 10.3. The Balaban J connectivity index is 1.63. The smallest absolute Gasteiger partial charge is 0.131 e. The molecule has 57 heavy (non-hydrogen) atoms. The van der Waals surface area contributed by atoms with Gasteiger partial charge in [0.25, 0.3) is 0 Å². The van der Waals surface area contributed by atoms with Gasteiger partial charge in [0.2, 0.25) is 0 Å². The van der Waals surface area contributed by atoms with E-state index < -0.39 is 17.6 Å². The van der Waals surface area contributed by atoms with Crippen LogP contribution in [0.4, 0.5) is 0 Å². The van der Waals surface area contributed by atoms with Gasteiger partial charge in [0.05, 0.1) is 30.8 Å². The van der Waals surface area contributed by atoms with Gasteiger partial charge in [-0.1, -0.05) is 135 Å². The minimum absolute atomic E-state index is 0.0832. The fourth-order valence-electron chi connectivity index (χ4n) is 8.14. The van der Waals surface area contributed by atoms with Crippen LogP contribution in [0.5, 0.6) is 23.0 Å². The van der Waals surface area contributed by atoms with Crippen LogP contribution >= 0.6 is 0 Å². The second kappa shape index (κ2) is 18.1. The summed E-state index contributed by atoms with van der Waals surface area (Å²) in [6.45, 7) is 8.97. The average Bonchev–Trinajstić information content (AvgIpc) is 3.53. The summed E-state index contributed by atoms with van der Waals surface area (Å²) in [6, 6.07) is 46.4. The SMILES string of the molecule is CCCOc1ccc(C2(c3ccc(OCCC)c(Cc4ccccc4)c3OCC(C)O)c3ccccc3-c3ccccc32)c(OCC(C)O)c1Cc1ccccc1. The Morgan fingerprint density at radius 2 is 0.842 bits per heavy atom. The zero-order valence-electron chi connectivity index (χ0n) is 33.5. The molecule has 0 aromatic heterocycles. The Hall–Kier alpha value is -5.56. The molecule has 6 aromatic rings. The van der Waals surface area contributed by atoms with Crippen LogP contribution in [0.1, 0.15) is 85.0 Å². The second-order valence-electron chi connectivity index (χ2n) is 15.0. The van der Waals surface area contributed by atoms with Crippen molar-refractivity contribution in [2.24, 2.45) is 0 Å². The van der Waals surface area contributed by atoms with E-state index in [1.807, 2.05) is 12.1 Å². The molecule has 6 heteroatoms. The Kier molecular flexibility index (Phi) is 12.6. The van der Waals surface area contributed by atoms with Gasteiger partial charge in [0.15, 0.2) is 0 Å². The van der Waals surface area contributed by atoms with Crippen molar-refractivity contribution in [2.75, 3.05) is 26.4 Å². The molecular weight excluding hydrogens is 709 g/mol. The third kappa shape index (κ3) is 8.16. The van der Waals surface area contributed by atoms with Gasteiger partial charge < -0.3 is 29.2 Å². The summed E-state index contributed by atoms with van der Waals surface area (Å²) in [7, 11) is 0. The Bertz CT molecular complexity index is 2080. The van der Waals surface area contributed by atoms with Gasteiger partial charge in [-0.05, 0) is 72.2 Å². The van der Waals surface area contributed by atoms with Gasteiger partial charge in [-0.25, -0.2) is 0 Å². The van der Waals surface area contributed by atoms with Crippen molar-refractivity contribution >= 4 is 0 Å². The maximum atomic E-state index is 10.8. The van der Waals surface area contributed by atoms with Crippen LogP contribution in [0.25, 0.3) is 11.1 Å². The first kappa shape index (κ1) is 39.7. The molecule has 1 aliphatic carbocycles. The highest BCUT2D eigenvalue weighted by atomic mass is 16.5. The number of ether oxygens (including phenoxy) is 4. The van der Waals surface area contributed by atoms with Crippen LogP contribution in [0.2, 0.25) is 0 Å². The van der Waals surface area contributed by atoms with E-state index in [1.54, 1.807) is 13.8 Å². The van der Waals surface area contributed by atoms with Gasteiger partial charge in [-0.2, -0.15) is 0 Å². The molecule has 0 aliphatic heterocycles. The van der Waals surface area contributed by atoms with Crippen molar-refractivity contribution in [1.82, 2.24) is 0 Å². The number of fused-ring (bicyclic) bond motifs is 3. The molecule has 0 spiro atoms. The lowest BCUT2D eigenvalue weighted by Crippen LogP contribution is -2.32. The highest BCUT2D eigenvalue weighted by Crippen LogP contribution is 2.61.